The molecular weight excluding hydrogens is 288 g/mol. The number of benzene rings is 1. The van der Waals surface area contributed by atoms with E-state index in [2.05, 4.69) is 4.98 Å². The monoisotopic (exact) mass is 304 g/mol. The summed E-state index contributed by atoms with van der Waals surface area (Å²) in [7, 11) is 0. The largest absolute Gasteiger partial charge is 0.374 e. The van der Waals surface area contributed by atoms with Crippen LogP contribution in [0.5, 0.6) is 0 Å². The molecule has 1 saturated carbocycles. The lowest BCUT2D eigenvalue weighted by molar-refractivity contribution is -0.0446. The number of carbonyl (C=O) groups excluding carboxylic acids is 1. The van der Waals surface area contributed by atoms with Crippen molar-refractivity contribution in [2.45, 2.75) is 31.4 Å². The van der Waals surface area contributed by atoms with Crippen LogP contribution in [0.2, 0.25) is 5.02 Å². The number of carbonyl (C=O) groups is 1. The topological polar surface area (TPSA) is 45.3 Å². The van der Waals surface area contributed by atoms with E-state index in [-0.39, 0.29) is 18.1 Å². The van der Waals surface area contributed by atoms with Crippen LogP contribution in [-0.4, -0.2) is 41.1 Å². The highest BCUT2D eigenvalue weighted by Gasteiger charge is 2.38. The molecule has 4 nitrogen and oxygen atoms in total. The molecule has 1 aliphatic carbocycles. The van der Waals surface area contributed by atoms with E-state index >= 15 is 0 Å². The lowest BCUT2D eigenvalue weighted by Gasteiger charge is -2.37. The maximum atomic E-state index is 12.8. The average molecular weight is 305 g/mol. The standard InChI is InChI=1S/C16H17ClN2O2/c17-11-4-5-12-10(8-11)9-13(18-12)16(20)19-6-7-21-15-3-1-2-14(15)19/h4-5,8-9,14-15,18H,1-3,6-7H2. The van der Waals surface area contributed by atoms with Gasteiger partial charge in [0.2, 0.25) is 0 Å². The molecule has 2 unspecified atom stereocenters. The fourth-order valence-electron chi connectivity index (χ4n) is 3.55. The number of nitrogens with one attached hydrogen (secondary N) is 1. The number of hydrogen-bond donors (Lipinski definition) is 1. The summed E-state index contributed by atoms with van der Waals surface area (Å²) < 4.78 is 5.77. The fourth-order valence-corrected chi connectivity index (χ4v) is 3.73. The Kier molecular flexibility index (Phi) is 3.16. The molecule has 21 heavy (non-hydrogen) atoms. The van der Waals surface area contributed by atoms with Gasteiger partial charge < -0.3 is 14.6 Å². The molecule has 0 spiro atoms. The van der Waals surface area contributed by atoms with Crippen molar-refractivity contribution in [3.63, 3.8) is 0 Å². The van der Waals surface area contributed by atoms with Crippen molar-refractivity contribution in [2.24, 2.45) is 0 Å². The molecule has 0 bridgehead atoms. The van der Waals surface area contributed by atoms with Gasteiger partial charge in [-0.3, -0.25) is 4.79 Å². The van der Waals surface area contributed by atoms with Gasteiger partial charge in [-0.05, 0) is 43.5 Å². The predicted octanol–water partition coefficient (Wildman–Crippen LogP) is 3.21. The van der Waals surface area contributed by atoms with Crippen molar-refractivity contribution in [2.75, 3.05) is 13.2 Å². The van der Waals surface area contributed by atoms with Crippen molar-refractivity contribution in [3.05, 3.63) is 35.0 Å². The number of aromatic amines is 1. The molecule has 2 fully saturated rings. The Hall–Kier alpha value is -1.52. The number of H-pyrrole nitrogens is 1. The maximum Gasteiger partial charge on any atom is 0.270 e. The number of amides is 1. The molecule has 5 heteroatoms. The van der Waals surface area contributed by atoms with Crippen molar-refractivity contribution >= 4 is 28.4 Å². The molecule has 1 N–H and O–H groups in total. The van der Waals surface area contributed by atoms with Crippen LogP contribution >= 0.6 is 11.6 Å². The summed E-state index contributed by atoms with van der Waals surface area (Å²) in [6, 6.07) is 7.74. The van der Waals surface area contributed by atoms with Crippen LogP contribution in [0.3, 0.4) is 0 Å². The third kappa shape index (κ3) is 2.23. The van der Waals surface area contributed by atoms with E-state index in [0.717, 1.165) is 30.2 Å². The minimum Gasteiger partial charge on any atom is -0.374 e. The molecule has 110 valence electrons. The number of ether oxygens (including phenoxy) is 1. The molecule has 2 aliphatic rings. The Balaban J connectivity index is 1.66. The molecule has 1 aromatic heterocycles. The second-order valence-electron chi connectivity index (χ2n) is 5.82. The number of morpholine rings is 1. The average Bonchev–Trinajstić information content (AvgIpc) is 3.11. The smallest absolute Gasteiger partial charge is 0.270 e. The zero-order chi connectivity index (χ0) is 14.4. The summed E-state index contributed by atoms with van der Waals surface area (Å²) in [5.74, 6) is 0.0718. The summed E-state index contributed by atoms with van der Waals surface area (Å²) in [6.45, 7) is 1.31. The fraction of sp³-hybridized carbons (Fsp3) is 0.438. The highest BCUT2D eigenvalue weighted by molar-refractivity contribution is 6.31. The Bertz CT molecular complexity index is 697. The number of aromatic nitrogens is 1. The highest BCUT2D eigenvalue weighted by atomic mass is 35.5. The molecule has 2 atom stereocenters. The first kappa shape index (κ1) is 13.2. The second-order valence-corrected chi connectivity index (χ2v) is 6.26. The van der Waals surface area contributed by atoms with Crippen LogP contribution in [0.4, 0.5) is 0 Å². The minimum absolute atomic E-state index is 0.0718. The molecule has 2 heterocycles. The molecule has 4 rings (SSSR count). The van der Waals surface area contributed by atoms with Crippen molar-refractivity contribution in [1.29, 1.82) is 0 Å². The predicted molar refractivity (Wildman–Crippen MR) is 81.7 cm³/mol. The van der Waals surface area contributed by atoms with E-state index in [1.165, 1.54) is 0 Å². The number of halogens is 1. The lowest BCUT2D eigenvalue weighted by Crippen LogP contribution is -2.51. The molecule has 1 amide bonds. The quantitative estimate of drug-likeness (QED) is 0.879. The molecule has 1 aliphatic heterocycles. The molecule has 1 aromatic carbocycles. The number of rotatable bonds is 1. The van der Waals surface area contributed by atoms with Gasteiger partial charge in [0.25, 0.3) is 5.91 Å². The third-order valence-corrected chi connectivity index (χ3v) is 4.79. The first-order chi connectivity index (χ1) is 10.2. The maximum absolute atomic E-state index is 12.8. The van der Waals surface area contributed by atoms with Gasteiger partial charge in [0.1, 0.15) is 5.69 Å². The Morgan fingerprint density at radius 3 is 3.14 bits per heavy atom. The summed E-state index contributed by atoms with van der Waals surface area (Å²) >= 11 is 6.00. The van der Waals surface area contributed by atoms with Gasteiger partial charge in [-0.15, -0.1) is 0 Å². The van der Waals surface area contributed by atoms with E-state index in [4.69, 9.17) is 16.3 Å². The van der Waals surface area contributed by atoms with E-state index in [9.17, 15) is 4.79 Å². The van der Waals surface area contributed by atoms with Crippen molar-refractivity contribution in [1.82, 2.24) is 9.88 Å². The van der Waals surface area contributed by atoms with E-state index in [1.54, 1.807) is 0 Å². The van der Waals surface area contributed by atoms with Crippen LogP contribution in [-0.2, 0) is 4.74 Å². The van der Waals surface area contributed by atoms with Gasteiger partial charge >= 0.3 is 0 Å². The Morgan fingerprint density at radius 2 is 2.24 bits per heavy atom. The summed E-state index contributed by atoms with van der Waals surface area (Å²) in [4.78, 5) is 18.0. The van der Waals surface area contributed by atoms with Crippen LogP contribution in [0, 0.1) is 0 Å². The van der Waals surface area contributed by atoms with E-state index in [1.807, 2.05) is 29.2 Å². The van der Waals surface area contributed by atoms with Gasteiger partial charge in [-0.2, -0.15) is 0 Å². The van der Waals surface area contributed by atoms with Gasteiger partial charge in [-0.1, -0.05) is 11.6 Å². The minimum atomic E-state index is 0.0718. The summed E-state index contributed by atoms with van der Waals surface area (Å²) in [6.07, 6.45) is 3.47. The first-order valence-electron chi connectivity index (χ1n) is 7.43. The van der Waals surface area contributed by atoms with E-state index < -0.39 is 0 Å². The Labute approximate surface area is 128 Å². The summed E-state index contributed by atoms with van der Waals surface area (Å²) in [5.41, 5.74) is 1.58. The summed E-state index contributed by atoms with van der Waals surface area (Å²) in [5, 5.41) is 1.66. The molecule has 2 aromatic rings. The van der Waals surface area contributed by atoms with Crippen LogP contribution in [0.15, 0.2) is 24.3 Å². The Morgan fingerprint density at radius 1 is 1.33 bits per heavy atom. The second kappa shape index (κ2) is 5.04. The van der Waals surface area contributed by atoms with E-state index in [0.29, 0.717) is 23.9 Å². The van der Waals surface area contributed by atoms with Crippen LogP contribution < -0.4 is 0 Å². The number of nitrogens with zero attached hydrogens (tertiary/aromatic N) is 1. The zero-order valence-electron chi connectivity index (χ0n) is 11.6. The zero-order valence-corrected chi connectivity index (χ0v) is 12.4. The molecular formula is C16H17ClN2O2. The van der Waals surface area contributed by atoms with Crippen molar-refractivity contribution < 1.29 is 9.53 Å². The van der Waals surface area contributed by atoms with Gasteiger partial charge in [0, 0.05) is 22.5 Å². The molecule has 0 radical (unpaired) electrons. The van der Waals surface area contributed by atoms with Crippen LogP contribution in [0.1, 0.15) is 29.8 Å². The van der Waals surface area contributed by atoms with Crippen LogP contribution in [0.25, 0.3) is 10.9 Å². The van der Waals surface area contributed by atoms with Gasteiger partial charge in [0.15, 0.2) is 0 Å². The SMILES string of the molecule is O=C(c1cc2cc(Cl)ccc2[nH]1)N1CCOC2CCCC21. The number of fused-ring (bicyclic) bond motifs is 2. The van der Waals surface area contributed by atoms with Gasteiger partial charge in [0.05, 0.1) is 18.8 Å². The molecule has 1 saturated heterocycles. The third-order valence-electron chi connectivity index (χ3n) is 4.56. The lowest BCUT2D eigenvalue weighted by atomic mass is 10.1. The first-order valence-corrected chi connectivity index (χ1v) is 7.81. The highest BCUT2D eigenvalue weighted by Crippen LogP contribution is 2.31. The van der Waals surface area contributed by atoms with Crippen molar-refractivity contribution in [3.8, 4) is 0 Å². The normalized spacial score (nSPS) is 25.3. The van der Waals surface area contributed by atoms with Gasteiger partial charge in [-0.25, -0.2) is 0 Å². The number of hydrogen-bond acceptors (Lipinski definition) is 2.